The van der Waals surface area contributed by atoms with Gasteiger partial charge in [0, 0.05) is 24.7 Å². The fraction of sp³-hybridized carbons (Fsp3) is 0.846. The lowest BCUT2D eigenvalue weighted by Gasteiger charge is -2.25. The van der Waals surface area contributed by atoms with Gasteiger partial charge in [0.15, 0.2) is 0 Å². The molecule has 0 saturated heterocycles. The number of carbonyl (C=O) groups excluding carboxylic acids is 2. The van der Waals surface area contributed by atoms with Gasteiger partial charge in [-0.25, -0.2) is 4.79 Å². The molecule has 11 nitrogen and oxygen atoms in total. The van der Waals surface area contributed by atoms with Crippen LogP contribution >= 0.6 is 0 Å². The number of hydrogen-bond acceptors (Lipinski definition) is 10. The van der Waals surface area contributed by atoms with Gasteiger partial charge in [-0.1, -0.05) is 0 Å². The van der Waals surface area contributed by atoms with Gasteiger partial charge in [-0.3, -0.25) is 9.80 Å². The maximum atomic E-state index is 12.1. The van der Waals surface area contributed by atoms with Crippen LogP contribution in [-0.2, 0) is 28.5 Å². The molecule has 0 unspecified atom stereocenters. The Balaban J connectivity index is 1.11. The van der Waals surface area contributed by atoms with Gasteiger partial charge in [0.2, 0.25) is 0 Å². The van der Waals surface area contributed by atoms with Gasteiger partial charge in [0.25, 0.3) is 0 Å². The molecular weight excluding hydrogens is 480 g/mol. The van der Waals surface area contributed by atoms with Crippen LogP contribution in [0.25, 0.3) is 0 Å². The molecule has 1 amide bonds. The van der Waals surface area contributed by atoms with Gasteiger partial charge in [-0.05, 0) is 64.2 Å². The summed E-state index contributed by atoms with van der Waals surface area (Å²) in [6, 6.07) is 0.412. The Morgan fingerprint density at radius 2 is 1.51 bits per heavy atom. The number of hydrogen-bond donors (Lipinski definition) is 3. The van der Waals surface area contributed by atoms with Crippen LogP contribution in [0.15, 0.2) is 11.4 Å². The second-order valence-electron chi connectivity index (χ2n) is 10.1. The SMILES string of the molecule is CC(=O)CCOCCOCCOCCOCCNC(=O)OC[C@@H]1[C@@H]2CCC3=C(CC[C@@H]21)NNN3C(C)C. The molecule has 1 saturated carbocycles. The molecule has 0 aromatic carbocycles. The van der Waals surface area contributed by atoms with Gasteiger partial charge >= 0.3 is 6.09 Å². The molecule has 3 atom stereocenters. The number of allylic oxidation sites excluding steroid dienone is 2. The first-order valence-electron chi connectivity index (χ1n) is 13.7. The van der Waals surface area contributed by atoms with E-state index < -0.39 is 0 Å². The molecule has 1 aliphatic heterocycles. The number of rotatable bonds is 18. The maximum Gasteiger partial charge on any atom is 0.407 e. The minimum Gasteiger partial charge on any atom is -0.449 e. The molecule has 212 valence electrons. The average molecular weight is 527 g/mol. The van der Waals surface area contributed by atoms with Crippen molar-refractivity contribution in [3.05, 3.63) is 11.4 Å². The Morgan fingerprint density at radius 1 is 0.919 bits per heavy atom. The van der Waals surface area contributed by atoms with Crippen LogP contribution in [0.1, 0.15) is 52.9 Å². The van der Waals surface area contributed by atoms with Gasteiger partial charge in [-0.15, -0.1) is 5.53 Å². The van der Waals surface area contributed by atoms with Crippen molar-refractivity contribution in [1.29, 1.82) is 0 Å². The lowest BCUT2D eigenvalue weighted by atomic mass is 10.0. The molecule has 0 radical (unpaired) electrons. The molecule has 0 aromatic heterocycles. The highest BCUT2D eigenvalue weighted by Gasteiger charge is 2.50. The fourth-order valence-corrected chi connectivity index (χ4v) is 5.00. The highest BCUT2D eigenvalue weighted by molar-refractivity contribution is 5.75. The first-order valence-corrected chi connectivity index (χ1v) is 13.7. The van der Waals surface area contributed by atoms with Crippen LogP contribution < -0.4 is 16.3 Å². The van der Waals surface area contributed by atoms with Crippen LogP contribution in [0.4, 0.5) is 4.79 Å². The summed E-state index contributed by atoms with van der Waals surface area (Å²) in [5.74, 6) is 1.90. The summed E-state index contributed by atoms with van der Waals surface area (Å²) in [6.45, 7) is 10.5. The first kappa shape index (κ1) is 29.6. The van der Waals surface area contributed by atoms with Crippen molar-refractivity contribution in [3.8, 4) is 0 Å². The zero-order chi connectivity index (χ0) is 26.5. The summed E-state index contributed by atoms with van der Waals surface area (Å²) >= 11 is 0. The molecule has 1 fully saturated rings. The highest BCUT2D eigenvalue weighted by atomic mass is 16.6. The number of amides is 1. The van der Waals surface area contributed by atoms with Crippen molar-refractivity contribution in [3.63, 3.8) is 0 Å². The first-order chi connectivity index (χ1) is 18.0. The van der Waals surface area contributed by atoms with E-state index in [0.717, 1.165) is 25.7 Å². The zero-order valence-corrected chi connectivity index (χ0v) is 22.7. The van der Waals surface area contributed by atoms with E-state index in [2.05, 4.69) is 35.1 Å². The van der Waals surface area contributed by atoms with Crippen molar-refractivity contribution in [2.45, 2.75) is 58.9 Å². The van der Waals surface area contributed by atoms with Crippen LogP contribution in [0.5, 0.6) is 0 Å². The molecule has 3 N–H and O–H groups in total. The minimum atomic E-state index is -0.376. The smallest absolute Gasteiger partial charge is 0.407 e. The Bertz CT molecular complexity index is 748. The largest absolute Gasteiger partial charge is 0.449 e. The molecule has 3 rings (SSSR count). The third kappa shape index (κ3) is 10.4. The van der Waals surface area contributed by atoms with Crippen LogP contribution in [-0.4, -0.2) is 88.9 Å². The standard InChI is InChI=1S/C26H46N4O7/c1-19(2)30-25-7-5-22-21(4-6-24(25)28-29-30)23(22)18-37-26(32)27-9-11-34-13-15-36-17-16-35-14-12-33-10-8-20(3)31/h19,21-23,28-29H,4-18H2,1-3H3,(H,27,32)/t21-,22+,23-/m0/s1. The van der Waals surface area contributed by atoms with Crippen LogP contribution in [0.2, 0.25) is 0 Å². The monoisotopic (exact) mass is 526 g/mol. The van der Waals surface area contributed by atoms with Crippen molar-refractivity contribution in [1.82, 2.24) is 21.3 Å². The van der Waals surface area contributed by atoms with Gasteiger partial charge in [0.05, 0.1) is 65.2 Å². The summed E-state index contributed by atoms with van der Waals surface area (Å²) in [6.07, 6.45) is 4.45. The van der Waals surface area contributed by atoms with Crippen molar-refractivity contribution >= 4 is 11.9 Å². The second-order valence-corrected chi connectivity index (χ2v) is 10.1. The number of ketones is 1. The second kappa shape index (κ2) is 16.1. The lowest BCUT2D eigenvalue weighted by molar-refractivity contribution is -0.118. The number of Topliss-reactive ketones (excluding diaryl/α,β-unsaturated/α-hetero) is 1. The van der Waals surface area contributed by atoms with Crippen molar-refractivity contribution < 1.29 is 33.3 Å². The summed E-state index contributed by atoms with van der Waals surface area (Å²) in [7, 11) is 0. The Labute approximate surface area is 220 Å². The predicted molar refractivity (Wildman–Crippen MR) is 137 cm³/mol. The number of hydrazine groups is 2. The number of carbonyl (C=O) groups is 2. The number of nitrogens with zero attached hydrogens (tertiary/aromatic N) is 1. The minimum absolute atomic E-state index is 0.124. The molecular formula is C26H46N4O7. The van der Waals surface area contributed by atoms with Crippen molar-refractivity contribution in [2.75, 3.05) is 66.0 Å². The predicted octanol–water partition coefficient (Wildman–Crippen LogP) is 2.14. The third-order valence-corrected chi connectivity index (χ3v) is 7.07. The quantitative estimate of drug-likeness (QED) is 0.229. The molecule has 0 spiro atoms. The van der Waals surface area contributed by atoms with E-state index in [4.69, 9.17) is 23.7 Å². The molecule has 3 aliphatic rings. The van der Waals surface area contributed by atoms with E-state index in [1.54, 1.807) is 6.92 Å². The topological polar surface area (TPSA) is 120 Å². The molecule has 11 heteroatoms. The number of alkyl carbamates (subject to hydrolysis) is 1. The fourth-order valence-electron chi connectivity index (χ4n) is 5.00. The van der Waals surface area contributed by atoms with Gasteiger partial charge in [-0.2, -0.15) is 0 Å². The van der Waals surface area contributed by atoms with Crippen LogP contribution in [0, 0.1) is 17.8 Å². The number of nitrogens with one attached hydrogen (secondary N) is 3. The highest BCUT2D eigenvalue weighted by Crippen LogP contribution is 2.54. The van der Waals surface area contributed by atoms with E-state index in [-0.39, 0.29) is 11.9 Å². The molecule has 0 bridgehead atoms. The summed E-state index contributed by atoms with van der Waals surface area (Å²) in [5.41, 5.74) is 9.34. The normalized spacial score (nSPS) is 22.7. The van der Waals surface area contributed by atoms with E-state index in [1.807, 2.05) is 0 Å². The Hall–Kier alpha value is -1.92. The summed E-state index contributed by atoms with van der Waals surface area (Å²) in [5, 5.41) is 4.99. The van der Waals surface area contributed by atoms with E-state index >= 15 is 0 Å². The van der Waals surface area contributed by atoms with Crippen molar-refractivity contribution in [2.24, 2.45) is 17.8 Å². The maximum absolute atomic E-state index is 12.1. The van der Waals surface area contributed by atoms with E-state index in [9.17, 15) is 9.59 Å². The van der Waals surface area contributed by atoms with Crippen LogP contribution in [0.3, 0.4) is 0 Å². The number of fused-ring (bicyclic) bond motifs is 1. The summed E-state index contributed by atoms with van der Waals surface area (Å²) < 4.78 is 27.1. The van der Waals surface area contributed by atoms with E-state index in [1.165, 1.54) is 11.4 Å². The lowest BCUT2D eigenvalue weighted by Crippen LogP contribution is -2.42. The molecule has 2 aliphatic carbocycles. The third-order valence-electron chi connectivity index (χ3n) is 7.07. The Morgan fingerprint density at radius 3 is 2.14 bits per heavy atom. The summed E-state index contributed by atoms with van der Waals surface area (Å²) in [4.78, 5) is 22.8. The van der Waals surface area contributed by atoms with E-state index in [0.29, 0.717) is 96.2 Å². The Kier molecular flexibility index (Phi) is 12.9. The molecule has 37 heavy (non-hydrogen) atoms. The number of ether oxygens (including phenoxy) is 5. The van der Waals surface area contributed by atoms with Gasteiger partial charge in [0.1, 0.15) is 5.78 Å². The molecule has 0 aromatic rings. The van der Waals surface area contributed by atoms with Gasteiger partial charge < -0.3 is 34.4 Å². The average Bonchev–Trinajstić information content (AvgIpc) is 3.34. The molecule has 1 heterocycles. The zero-order valence-electron chi connectivity index (χ0n) is 22.7.